The lowest BCUT2D eigenvalue weighted by Crippen LogP contribution is -2.43. The van der Waals surface area contributed by atoms with Crippen LogP contribution in [-0.4, -0.2) is 92.9 Å². The minimum Gasteiger partial charge on any atom is -0.486 e. The van der Waals surface area contributed by atoms with Crippen molar-refractivity contribution in [2.75, 3.05) is 71.5 Å². The fourth-order valence-electron chi connectivity index (χ4n) is 5.41. The first-order chi connectivity index (χ1) is 20.1. The summed E-state index contributed by atoms with van der Waals surface area (Å²) < 4.78 is 23.6. The number of benzene rings is 1. The van der Waals surface area contributed by atoms with Crippen molar-refractivity contribution in [3.63, 3.8) is 0 Å². The van der Waals surface area contributed by atoms with Gasteiger partial charge >= 0.3 is 0 Å². The second-order valence-electron chi connectivity index (χ2n) is 11.1. The highest BCUT2D eigenvalue weighted by atomic mass is 16.6. The molecular formula is C31H39N5O5. The number of piperazine rings is 1. The van der Waals surface area contributed by atoms with Gasteiger partial charge in [0, 0.05) is 51.5 Å². The van der Waals surface area contributed by atoms with Gasteiger partial charge in [-0.2, -0.15) is 0 Å². The number of para-hydroxylation sites is 1. The van der Waals surface area contributed by atoms with Crippen LogP contribution in [0, 0.1) is 5.92 Å². The SMILES string of the molecule is CN1CCN(Cc2ccc(C(=O)NCC3COc4cccc(-c5ccc(NCC6CCOCC6)cn5)c4O3)o2)CC1. The summed E-state index contributed by atoms with van der Waals surface area (Å²) in [4.78, 5) is 22.2. The van der Waals surface area contributed by atoms with Gasteiger partial charge in [-0.3, -0.25) is 14.7 Å². The van der Waals surface area contributed by atoms with Crippen molar-refractivity contribution in [3.05, 3.63) is 60.2 Å². The van der Waals surface area contributed by atoms with Crippen LogP contribution >= 0.6 is 0 Å². The minimum atomic E-state index is -0.340. The maximum absolute atomic E-state index is 12.8. The Kier molecular flexibility index (Phi) is 8.69. The molecule has 0 bridgehead atoms. The van der Waals surface area contributed by atoms with E-state index in [4.69, 9.17) is 23.6 Å². The Bertz CT molecular complexity index is 1300. The van der Waals surface area contributed by atoms with Crippen LogP contribution in [0.1, 0.15) is 29.2 Å². The number of nitrogens with zero attached hydrogens (tertiary/aromatic N) is 3. The largest absolute Gasteiger partial charge is 0.486 e. The standard InChI is InChI=1S/C31H39N5O5/c1-35-11-13-36(14-12-35)20-24-6-8-29(40-24)31(37)34-19-25-21-39-28-4-2-3-26(30(28)41-25)27-7-5-23(18-33-27)32-17-22-9-15-38-16-10-22/h2-8,18,22,25,32H,9-17,19-21H2,1H3,(H,34,37). The second kappa shape index (κ2) is 12.9. The molecule has 0 spiro atoms. The smallest absolute Gasteiger partial charge is 0.287 e. The molecule has 0 aliphatic carbocycles. The van der Waals surface area contributed by atoms with Crippen molar-refractivity contribution in [1.82, 2.24) is 20.1 Å². The number of carbonyl (C=O) groups is 1. The van der Waals surface area contributed by atoms with E-state index in [0.717, 1.165) is 81.5 Å². The second-order valence-corrected chi connectivity index (χ2v) is 11.1. The summed E-state index contributed by atoms with van der Waals surface area (Å²) in [6.45, 7) is 8.02. The summed E-state index contributed by atoms with van der Waals surface area (Å²) in [6.07, 6.45) is 3.70. The molecule has 3 aromatic rings. The van der Waals surface area contributed by atoms with Gasteiger partial charge in [0.25, 0.3) is 5.91 Å². The number of nitrogens with one attached hydrogen (secondary N) is 2. The Balaban J connectivity index is 1.03. The quantitative estimate of drug-likeness (QED) is 0.407. The minimum absolute atomic E-state index is 0.261. The Morgan fingerprint density at radius 2 is 1.88 bits per heavy atom. The zero-order valence-electron chi connectivity index (χ0n) is 23.6. The number of hydrogen-bond acceptors (Lipinski definition) is 9. The van der Waals surface area contributed by atoms with E-state index in [9.17, 15) is 4.79 Å². The molecule has 1 atom stereocenters. The number of ether oxygens (including phenoxy) is 3. The summed E-state index contributed by atoms with van der Waals surface area (Å²) in [5.74, 6) is 2.79. The molecule has 1 aromatic carbocycles. The lowest BCUT2D eigenvalue weighted by molar-refractivity contribution is 0.0699. The lowest BCUT2D eigenvalue weighted by atomic mass is 10.0. The molecule has 2 fully saturated rings. The molecule has 1 amide bonds. The van der Waals surface area contributed by atoms with Crippen molar-refractivity contribution in [2.45, 2.75) is 25.5 Å². The van der Waals surface area contributed by atoms with Gasteiger partial charge in [-0.25, -0.2) is 0 Å². The molecule has 2 N–H and O–H groups in total. The Morgan fingerprint density at radius 3 is 2.68 bits per heavy atom. The molecule has 5 heterocycles. The van der Waals surface area contributed by atoms with E-state index in [1.54, 1.807) is 6.07 Å². The summed E-state index contributed by atoms with van der Waals surface area (Å²) >= 11 is 0. The molecule has 2 saturated heterocycles. The molecular weight excluding hydrogens is 522 g/mol. The lowest BCUT2D eigenvalue weighted by Gasteiger charge is -2.31. The number of fused-ring (bicyclic) bond motifs is 1. The summed E-state index contributed by atoms with van der Waals surface area (Å²) in [6, 6.07) is 13.5. The van der Waals surface area contributed by atoms with Crippen LogP contribution in [-0.2, 0) is 11.3 Å². The molecule has 6 rings (SSSR count). The first-order valence-corrected chi connectivity index (χ1v) is 14.6. The van der Waals surface area contributed by atoms with Crippen molar-refractivity contribution in [2.24, 2.45) is 5.92 Å². The molecule has 0 radical (unpaired) electrons. The first-order valence-electron chi connectivity index (χ1n) is 14.6. The van der Waals surface area contributed by atoms with E-state index in [1.165, 1.54) is 0 Å². The van der Waals surface area contributed by atoms with Crippen LogP contribution in [0.15, 0.2) is 53.1 Å². The highest BCUT2D eigenvalue weighted by Gasteiger charge is 2.26. The third-order valence-electron chi connectivity index (χ3n) is 8.01. The van der Waals surface area contributed by atoms with Gasteiger partial charge in [0.05, 0.1) is 30.7 Å². The van der Waals surface area contributed by atoms with E-state index in [1.807, 2.05) is 42.6 Å². The van der Waals surface area contributed by atoms with Crippen LogP contribution < -0.4 is 20.1 Å². The van der Waals surface area contributed by atoms with Crippen LogP contribution in [0.2, 0.25) is 0 Å². The van der Waals surface area contributed by atoms with Gasteiger partial charge < -0.3 is 34.2 Å². The predicted octanol–water partition coefficient (Wildman–Crippen LogP) is 3.50. The monoisotopic (exact) mass is 561 g/mol. The van der Waals surface area contributed by atoms with E-state index >= 15 is 0 Å². The Hall–Kier alpha value is -3.60. The highest BCUT2D eigenvalue weighted by molar-refractivity contribution is 5.91. The fourth-order valence-corrected chi connectivity index (χ4v) is 5.41. The molecule has 3 aliphatic rings. The number of pyridine rings is 1. The maximum Gasteiger partial charge on any atom is 0.287 e. The number of likely N-dealkylation sites (N-methyl/N-ethyl adjacent to an activating group) is 1. The van der Waals surface area contributed by atoms with Crippen LogP contribution in [0.25, 0.3) is 11.3 Å². The summed E-state index contributed by atoms with van der Waals surface area (Å²) in [5, 5.41) is 6.44. The number of amides is 1. The molecule has 0 saturated carbocycles. The number of aromatic nitrogens is 1. The van der Waals surface area contributed by atoms with E-state index in [2.05, 4.69) is 27.5 Å². The fraction of sp³-hybridized carbons (Fsp3) is 0.484. The maximum atomic E-state index is 12.8. The number of furan rings is 1. The van der Waals surface area contributed by atoms with E-state index < -0.39 is 0 Å². The third-order valence-corrected chi connectivity index (χ3v) is 8.01. The molecule has 10 nitrogen and oxygen atoms in total. The molecule has 41 heavy (non-hydrogen) atoms. The highest BCUT2D eigenvalue weighted by Crippen LogP contribution is 2.40. The Labute approximate surface area is 241 Å². The van der Waals surface area contributed by atoms with Gasteiger partial charge in [-0.05, 0) is 62.2 Å². The average Bonchev–Trinajstić information content (AvgIpc) is 3.49. The van der Waals surface area contributed by atoms with Gasteiger partial charge in [-0.1, -0.05) is 6.07 Å². The van der Waals surface area contributed by atoms with Crippen molar-refractivity contribution in [3.8, 4) is 22.8 Å². The number of anilines is 1. The average molecular weight is 562 g/mol. The number of hydrogen-bond donors (Lipinski definition) is 2. The topological polar surface area (TPSA) is 101 Å². The molecule has 3 aliphatic heterocycles. The molecule has 2 aromatic heterocycles. The van der Waals surface area contributed by atoms with Crippen LogP contribution in [0.4, 0.5) is 5.69 Å². The van der Waals surface area contributed by atoms with Gasteiger partial charge in [-0.15, -0.1) is 0 Å². The summed E-state index contributed by atoms with van der Waals surface area (Å²) in [5.41, 5.74) is 2.65. The molecule has 1 unspecified atom stereocenters. The van der Waals surface area contributed by atoms with Gasteiger partial charge in [0.2, 0.25) is 0 Å². The first kappa shape index (κ1) is 27.6. The zero-order chi connectivity index (χ0) is 28.0. The van der Waals surface area contributed by atoms with Gasteiger partial charge in [0.1, 0.15) is 18.5 Å². The number of carbonyl (C=O) groups excluding carboxylic acids is 1. The van der Waals surface area contributed by atoms with Gasteiger partial charge in [0.15, 0.2) is 17.3 Å². The van der Waals surface area contributed by atoms with Crippen LogP contribution in [0.3, 0.4) is 0 Å². The normalized spacial score (nSPS) is 20.1. The van der Waals surface area contributed by atoms with Crippen molar-refractivity contribution in [1.29, 1.82) is 0 Å². The Morgan fingerprint density at radius 1 is 1.02 bits per heavy atom. The molecule has 218 valence electrons. The van der Waals surface area contributed by atoms with Crippen molar-refractivity contribution >= 4 is 11.6 Å². The third kappa shape index (κ3) is 7.01. The van der Waals surface area contributed by atoms with E-state index in [0.29, 0.717) is 42.9 Å². The van der Waals surface area contributed by atoms with Crippen molar-refractivity contribution < 1.29 is 23.4 Å². The summed E-state index contributed by atoms with van der Waals surface area (Å²) in [7, 11) is 2.13. The van der Waals surface area contributed by atoms with Crippen LogP contribution in [0.5, 0.6) is 11.5 Å². The predicted molar refractivity (Wildman–Crippen MR) is 155 cm³/mol. The zero-order valence-corrected chi connectivity index (χ0v) is 23.6. The number of rotatable bonds is 9. The van der Waals surface area contributed by atoms with E-state index in [-0.39, 0.29) is 12.0 Å². The molecule has 10 heteroatoms.